The topological polar surface area (TPSA) is 45.2 Å². The number of hydrogen-bond acceptors (Lipinski definition) is 3. The third-order valence-corrected chi connectivity index (χ3v) is 5.19. The molecule has 1 heterocycles. The normalized spacial score (nSPS) is 12.1. The Kier molecular flexibility index (Phi) is 4.74. The average molecular weight is 368 g/mol. The molecule has 0 radical (unpaired) electrons. The van der Waals surface area contributed by atoms with Crippen molar-refractivity contribution in [2.45, 2.75) is 26.8 Å². The molecule has 0 aliphatic heterocycles. The van der Waals surface area contributed by atoms with Crippen LogP contribution in [0.5, 0.6) is 5.75 Å². The van der Waals surface area contributed by atoms with Crippen LogP contribution in [0.1, 0.15) is 33.9 Å². The van der Waals surface area contributed by atoms with Crippen LogP contribution in [0, 0.1) is 20.8 Å². The second-order valence-electron chi connectivity index (χ2n) is 7.34. The molecule has 0 fully saturated rings. The van der Waals surface area contributed by atoms with Crippen LogP contribution in [0.4, 0.5) is 5.69 Å². The third kappa shape index (κ3) is 3.31. The summed E-state index contributed by atoms with van der Waals surface area (Å²) in [5, 5.41) is 15.7. The molecule has 0 saturated carbocycles. The fraction of sp³-hybridized carbons (Fsp3) is 0.160. The minimum absolute atomic E-state index is 0.187. The highest BCUT2D eigenvalue weighted by atomic mass is 16.3. The quantitative estimate of drug-likeness (QED) is 0.460. The first-order valence-corrected chi connectivity index (χ1v) is 9.50. The predicted octanol–water partition coefficient (Wildman–Crippen LogP) is 6.07. The van der Waals surface area contributed by atoms with Gasteiger partial charge >= 0.3 is 0 Å². The van der Waals surface area contributed by atoms with E-state index in [4.69, 9.17) is 0 Å². The Morgan fingerprint density at radius 2 is 1.57 bits per heavy atom. The number of aryl methyl sites for hydroxylation is 3. The number of benzene rings is 3. The second-order valence-corrected chi connectivity index (χ2v) is 7.34. The van der Waals surface area contributed by atoms with Gasteiger partial charge in [0.05, 0.1) is 6.04 Å². The molecule has 3 nitrogen and oxygen atoms in total. The van der Waals surface area contributed by atoms with Crippen molar-refractivity contribution in [3.63, 3.8) is 0 Å². The number of fused-ring (bicyclic) bond motifs is 1. The molecule has 4 aromatic rings. The molecule has 28 heavy (non-hydrogen) atoms. The maximum atomic E-state index is 11.0. The summed E-state index contributed by atoms with van der Waals surface area (Å²) in [6, 6.07) is 22.2. The fourth-order valence-electron chi connectivity index (χ4n) is 3.92. The van der Waals surface area contributed by atoms with Gasteiger partial charge < -0.3 is 10.4 Å². The van der Waals surface area contributed by atoms with Gasteiger partial charge in [-0.25, -0.2) is 0 Å². The van der Waals surface area contributed by atoms with E-state index in [2.05, 4.69) is 55.3 Å². The van der Waals surface area contributed by atoms with Gasteiger partial charge in [-0.3, -0.25) is 4.98 Å². The molecule has 3 aromatic carbocycles. The summed E-state index contributed by atoms with van der Waals surface area (Å²) in [4.78, 5) is 4.39. The summed E-state index contributed by atoms with van der Waals surface area (Å²) in [6.45, 7) is 6.34. The fourth-order valence-corrected chi connectivity index (χ4v) is 3.92. The van der Waals surface area contributed by atoms with Crippen molar-refractivity contribution in [1.82, 2.24) is 4.98 Å². The largest absolute Gasteiger partial charge is 0.505 e. The zero-order valence-electron chi connectivity index (χ0n) is 16.4. The van der Waals surface area contributed by atoms with Gasteiger partial charge in [0.2, 0.25) is 0 Å². The Balaban J connectivity index is 1.88. The van der Waals surface area contributed by atoms with Gasteiger partial charge in [0, 0.05) is 22.8 Å². The van der Waals surface area contributed by atoms with Crippen LogP contribution < -0.4 is 5.32 Å². The highest BCUT2D eigenvalue weighted by molar-refractivity contribution is 5.86. The SMILES string of the molecule is Cc1cc(C)c(NC(c2ccccc2)c2ccc3cccnc3c2O)c(C)c1. The number of nitrogens with zero attached hydrogens (tertiary/aromatic N) is 1. The van der Waals surface area contributed by atoms with E-state index in [0.29, 0.717) is 5.52 Å². The molecule has 2 N–H and O–H groups in total. The van der Waals surface area contributed by atoms with E-state index >= 15 is 0 Å². The summed E-state index contributed by atoms with van der Waals surface area (Å²) in [5.74, 6) is 0.224. The van der Waals surface area contributed by atoms with Gasteiger partial charge in [-0.15, -0.1) is 0 Å². The number of phenols is 1. The van der Waals surface area contributed by atoms with E-state index in [9.17, 15) is 5.11 Å². The molecule has 1 aromatic heterocycles. The Hall–Kier alpha value is -3.33. The smallest absolute Gasteiger partial charge is 0.147 e. The van der Waals surface area contributed by atoms with Crippen molar-refractivity contribution in [2.24, 2.45) is 0 Å². The van der Waals surface area contributed by atoms with E-state index in [0.717, 1.165) is 22.2 Å². The molecular weight excluding hydrogens is 344 g/mol. The first kappa shape index (κ1) is 18.1. The molecule has 1 atom stereocenters. The van der Waals surface area contributed by atoms with Crippen LogP contribution in [-0.2, 0) is 0 Å². The summed E-state index contributed by atoms with van der Waals surface area (Å²) < 4.78 is 0. The van der Waals surface area contributed by atoms with Crippen LogP contribution in [0.15, 0.2) is 72.9 Å². The summed E-state index contributed by atoms with van der Waals surface area (Å²) in [5.41, 5.74) is 7.26. The molecule has 0 aliphatic rings. The Labute approximate surface area is 165 Å². The molecule has 0 spiro atoms. The van der Waals surface area contributed by atoms with Crippen LogP contribution in [0.25, 0.3) is 10.9 Å². The Morgan fingerprint density at radius 3 is 2.29 bits per heavy atom. The zero-order valence-corrected chi connectivity index (χ0v) is 16.4. The monoisotopic (exact) mass is 368 g/mol. The predicted molar refractivity (Wildman–Crippen MR) is 116 cm³/mol. The molecule has 0 aliphatic carbocycles. The number of pyridine rings is 1. The number of rotatable bonds is 4. The lowest BCUT2D eigenvalue weighted by molar-refractivity contribution is 0.471. The molecule has 0 amide bonds. The lowest BCUT2D eigenvalue weighted by Gasteiger charge is -2.25. The summed E-state index contributed by atoms with van der Waals surface area (Å²) >= 11 is 0. The van der Waals surface area contributed by atoms with Crippen molar-refractivity contribution >= 4 is 16.6 Å². The second kappa shape index (κ2) is 7.35. The Morgan fingerprint density at radius 1 is 0.857 bits per heavy atom. The van der Waals surface area contributed by atoms with Crippen molar-refractivity contribution in [3.8, 4) is 5.75 Å². The standard InChI is InChI=1S/C25H24N2O/c1-16-14-17(2)22(18(3)15-16)27-23(19-8-5-4-6-9-19)21-12-11-20-10-7-13-26-24(20)25(21)28/h4-15,23,27-28H,1-3H3. The molecule has 0 bridgehead atoms. The number of hydrogen-bond donors (Lipinski definition) is 2. The molecule has 0 saturated heterocycles. The van der Waals surface area contributed by atoms with E-state index in [-0.39, 0.29) is 11.8 Å². The zero-order chi connectivity index (χ0) is 19.7. The van der Waals surface area contributed by atoms with Gasteiger partial charge in [-0.05, 0) is 43.5 Å². The van der Waals surface area contributed by atoms with Gasteiger partial charge in [0.15, 0.2) is 0 Å². The summed E-state index contributed by atoms with van der Waals surface area (Å²) in [6.07, 6.45) is 1.71. The third-order valence-electron chi connectivity index (χ3n) is 5.19. The van der Waals surface area contributed by atoms with Gasteiger partial charge in [0.1, 0.15) is 11.3 Å². The molecule has 1 unspecified atom stereocenters. The lowest BCUT2D eigenvalue weighted by Crippen LogP contribution is -2.14. The maximum Gasteiger partial charge on any atom is 0.147 e. The van der Waals surface area contributed by atoms with Crippen LogP contribution in [0.2, 0.25) is 0 Å². The van der Waals surface area contributed by atoms with Gasteiger partial charge in [-0.2, -0.15) is 0 Å². The van der Waals surface area contributed by atoms with Gasteiger partial charge in [0.25, 0.3) is 0 Å². The number of nitrogens with one attached hydrogen (secondary N) is 1. The number of aromatic nitrogens is 1. The van der Waals surface area contributed by atoms with Crippen LogP contribution >= 0.6 is 0 Å². The number of phenolic OH excluding ortho intramolecular Hbond substituents is 1. The minimum Gasteiger partial charge on any atom is -0.505 e. The van der Waals surface area contributed by atoms with Crippen molar-refractivity contribution in [3.05, 3.63) is 101 Å². The molecular formula is C25H24N2O. The molecule has 3 heteroatoms. The average Bonchev–Trinajstić information content (AvgIpc) is 2.69. The highest BCUT2D eigenvalue weighted by Gasteiger charge is 2.21. The van der Waals surface area contributed by atoms with E-state index in [1.807, 2.05) is 42.5 Å². The van der Waals surface area contributed by atoms with Crippen molar-refractivity contribution in [2.75, 3.05) is 5.32 Å². The lowest BCUT2D eigenvalue weighted by atomic mass is 9.95. The summed E-state index contributed by atoms with van der Waals surface area (Å²) in [7, 11) is 0. The number of anilines is 1. The highest BCUT2D eigenvalue weighted by Crippen LogP contribution is 2.37. The first-order valence-electron chi connectivity index (χ1n) is 9.50. The van der Waals surface area contributed by atoms with E-state index < -0.39 is 0 Å². The first-order chi connectivity index (χ1) is 13.5. The Bertz CT molecular complexity index is 1110. The molecule has 4 rings (SSSR count). The maximum absolute atomic E-state index is 11.0. The van der Waals surface area contributed by atoms with Gasteiger partial charge in [-0.1, -0.05) is 66.2 Å². The van der Waals surface area contributed by atoms with Crippen molar-refractivity contribution in [1.29, 1.82) is 0 Å². The van der Waals surface area contributed by atoms with E-state index in [1.54, 1.807) is 6.20 Å². The molecule has 140 valence electrons. The minimum atomic E-state index is -0.187. The van der Waals surface area contributed by atoms with Crippen LogP contribution in [0.3, 0.4) is 0 Å². The van der Waals surface area contributed by atoms with Crippen molar-refractivity contribution < 1.29 is 5.11 Å². The van der Waals surface area contributed by atoms with Crippen LogP contribution in [-0.4, -0.2) is 10.1 Å². The van der Waals surface area contributed by atoms with E-state index in [1.165, 1.54) is 16.7 Å². The number of aromatic hydroxyl groups is 1.